The maximum Gasteiger partial charge on any atom is 0.263 e. The Bertz CT molecular complexity index is 1150. The van der Waals surface area contributed by atoms with Crippen molar-refractivity contribution in [2.45, 2.75) is 38.6 Å². The van der Waals surface area contributed by atoms with Crippen LogP contribution in [0.25, 0.3) is 10.2 Å². The third-order valence-electron chi connectivity index (χ3n) is 5.18. The molecular formula is C21H22N4O3S. The van der Waals surface area contributed by atoms with Crippen molar-refractivity contribution in [1.82, 2.24) is 15.0 Å². The molecule has 1 aliphatic carbocycles. The third-order valence-corrected chi connectivity index (χ3v) is 6.38. The van der Waals surface area contributed by atoms with E-state index in [0.717, 1.165) is 41.6 Å². The minimum absolute atomic E-state index is 0.158. The fourth-order valence-corrected chi connectivity index (χ4v) is 4.77. The Morgan fingerprint density at radius 1 is 1.38 bits per heavy atom. The van der Waals surface area contributed by atoms with Crippen LogP contribution in [0.15, 0.2) is 40.5 Å². The van der Waals surface area contributed by atoms with Crippen LogP contribution in [0.2, 0.25) is 0 Å². The molecule has 2 aromatic heterocycles. The minimum atomic E-state index is -0.721. The average molecular weight is 410 g/mol. The van der Waals surface area contributed by atoms with E-state index in [4.69, 9.17) is 4.74 Å². The second kappa shape index (κ2) is 8.16. The van der Waals surface area contributed by atoms with Crippen molar-refractivity contribution in [3.63, 3.8) is 0 Å². The number of aryl methyl sites for hydroxylation is 2. The van der Waals surface area contributed by atoms with Gasteiger partial charge in [-0.25, -0.2) is 10.4 Å². The summed E-state index contributed by atoms with van der Waals surface area (Å²) in [6.45, 7) is 1.67. The van der Waals surface area contributed by atoms with Gasteiger partial charge < -0.3 is 4.74 Å². The highest BCUT2D eigenvalue weighted by atomic mass is 32.1. The number of carbonyl (C=O) groups is 1. The first kappa shape index (κ1) is 19.3. The van der Waals surface area contributed by atoms with Gasteiger partial charge in [0.25, 0.3) is 11.5 Å². The van der Waals surface area contributed by atoms with Gasteiger partial charge in [0.2, 0.25) is 0 Å². The molecule has 0 fully saturated rings. The molecule has 1 aromatic carbocycles. The highest BCUT2D eigenvalue weighted by Gasteiger charge is 2.23. The highest BCUT2D eigenvalue weighted by molar-refractivity contribution is 7.18. The molecule has 0 saturated heterocycles. The van der Waals surface area contributed by atoms with Gasteiger partial charge in [0.15, 0.2) is 0 Å². The molecule has 2 heterocycles. The van der Waals surface area contributed by atoms with Gasteiger partial charge in [0.05, 0.1) is 25.0 Å². The third kappa shape index (κ3) is 3.80. The number of thiophene rings is 1. The number of ether oxygens (including phenoxy) is 1. The predicted octanol–water partition coefficient (Wildman–Crippen LogP) is 3.06. The molecule has 0 spiro atoms. The summed E-state index contributed by atoms with van der Waals surface area (Å²) < 4.78 is 6.56. The Morgan fingerprint density at radius 2 is 2.21 bits per heavy atom. The molecule has 7 nitrogen and oxygen atoms in total. The van der Waals surface area contributed by atoms with Gasteiger partial charge in [-0.15, -0.1) is 11.3 Å². The lowest BCUT2D eigenvalue weighted by Crippen LogP contribution is -2.34. The van der Waals surface area contributed by atoms with Gasteiger partial charge in [-0.2, -0.15) is 5.10 Å². The summed E-state index contributed by atoms with van der Waals surface area (Å²) in [5.41, 5.74) is 4.26. The zero-order valence-electron chi connectivity index (χ0n) is 16.3. The van der Waals surface area contributed by atoms with Crippen LogP contribution in [-0.2, 0) is 17.6 Å². The van der Waals surface area contributed by atoms with Crippen LogP contribution >= 0.6 is 11.3 Å². The Morgan fingerprint density at radius 3 is 3.03 bits per heavy atom. The number of nitrogens with one attached hydrogen (secondary N) is 1. The lowest BCUT2D eigenvalue weighted by atomic mass is 9.97. The first-order valence-corrected chi connectivity index (χ1v) is 10.4. The lowest BCUT2D eigenvalue weighted by Gasteiger charge is -2.14. The topological polar surface area (TPSA) is 85.6 Å². The number of carbonyl (C=O) groups excluding carboxylic acids is 1. The largest absolute Gasteiger partial charge is 0.497 e. The molecule has 0 unspecified atom stereocenters. The van der Waals surface area contributed by atoms with Crippen molar-refractivity contribution >= 4 is 33.7 Å². The van der Waals surface area contributed by atoms with Crippen LogP contribution in [-0.4, -0.2) is 28.8 Å². The Labute approximate surface area is 172 Å². The van der Waals surface area contributed by atoms with Crippen molar-refractivity contribution in [2.24, 2.45) is 5.10 Å². The monoisotopic (exact) mass is 410 g/mol. The molecule has 1 amide bonds. The molecule has 0 bridgehead atoms. The summed E-state index contributed by atoms with van der Waals surface area (Å²) >= 11 is 1.60. The number of fused-ring (bicyclic) bond motifs is 3. The molecule has 1 aliphatic rings. The van der Waals surface area contributed by atoms with Crippen LogP contribution < -0.4 is 15.7 Å². The summed E-state index contributed by atoms with van der Waals surface area (Å²) in [6, 6.07) is 6.61. The van der Waals surface area contributed by atoms with Gasteiger partial charge >= 0.3 is 0 Å². The van der Waals surface area contributed by atoms with Crippen LogP contribution in [0.3, 0.4) is 0 Å². The fourth-order valence-electron chi connectivity index (χ4n) is 3.55. The van der Waals surface area contributed by atoms with E-state index in [1.165, 1.54) is 22.0 Å². The molecule has 1 N–H and O–H groups in total. The second-order valence-corrected chi connectivity index (χ2v) is 8.12. The normalized spacial score (nSPS) is 14.7. The van der Waals surface area contributed by atoms with Crippen LogP contribution in [0.4, 0.5) is 0 Å². The zero-order chi connectivity index (χ0) is 20.4. The van der Waals surface area contributed by atoms with E-state index in [2.05, 4.69) is 15.5 Å². The number of aromatic nitrogens is 2. The molecule has 8 heteroatoms. The summed E-state index contributed by atoms with van der Waals surface area (Å²) in [5.74, 6) is 0.329. The van der Waals surface area contributed by atoms with E-state index in [9.17, 15) is 9.59 Å². The van der Waals surface area contributed by atoms with Crippen molar-refractivity contribution < 1.29 is 9.53 Å². The number of nitrogens with zero attached hydrogens (tertiary/aromatic N) is 3. The van der Waals surface area contributed by atoms with Crippen LogP contribution in [0, 0.1) is 0 Å². The summed E-state index contributed by atoms with van der Waals surface area (Å²) in [5, 5.41) is 4.67. The molecular weight excluding hydrogens is 388 g/mol. The molecule has 150 valence electrons. The molecule has 3 aromatic rings. The lowest BCUT2D eigenvalue weighted by molar-refractivity contribution is -0.123. The van der Waals surface area contributed by atoms with Crippen molar-refractivity contribution in [1.29, 1.82) is 0 Å². The van der Waals surface area contributed by atoms with E-state index in [-0.39, 0.29) is 11.5 Å². The van der Waals surface area contributed by atoms with Gasteiger partial charge in [0.1, 0.15) is 16.6 Å². The molecule has 0 aliphatic heterocycles. The van der Waals surface area contributed by atoms with Gasteiger partial charge in [-0.05, 0) is 55.9 Å². The minimum Gasteiger partial charge on any atom is -0.497 e. The number of hydrogen-bond donors (Lipinski definition) is 1. The van der Waals surface area contributed by atoms with E-state index in [1.807, 2.05) is 18.2 Å². The molecule has 0 radical (unpaired) electrons. The Kier molecular flexibility index (Phi) is 5.44. The van der Waals surface area contributed by atoms with Crippen LogP contribution in [0.5, 0.6) is 5.75 Å². The van der Waals surface area contributed by atoms with E-state index >= 15 is 0 Å². The summed E-state index contributed by atoms with van der Waals surface area (Å²) in [6.07, 6.45) is 7.14. The Hall–Kier alpha value is -3.00. The Balaban J connectivity index is 1.54. The number of amides is 1. The van der Waals surface area contributed by atoms with E-state index < -0.39 is 6.04 Å². The maximum absolute atomic E-state index is 13.1. The second-order valence-electron chi connectivity index (χ2n) is 7.03. The van der Waals surface area contributed by atoms with Gasteiger partial charge in [-0.3, -0.25) is 14.2 Å². The van der Waals surface area contributed by atoms with E-state index in [0.29, 0.717) is 11.1 Å². The summed E-state index contributed by atoms with van der Waals surface area (Å²) in [7, 11) is 1.59. The number of methoxy groups -OCH3 is 1. The smallest absolute Gasteiger partial charge is 0.263 e. The van der Waals surface area contributed by atoms with Crippen molar-refractivity contribution in [2.75, 3.05) is 7.11 Å². The maximum atomic E-state index is 13.1. The number of benzene rings is 1. The first-order valence-electron chi connectivity index (χ1n) is 9.57. The zero-order valence-corrected chi connectivity index (χ0v) is 17.2. The molecule has 0 saturated carbocycles. The molecule has 29 heavy (non-hydrogen) atoms. The average Bonchev–Trinajstić information content (AvgIpc) is 3.13. The first-order chi connectivity index (χ1) is 14.1. The SMILES string of the molecule is COc1cccc(/C=N/NC(=O)[C@H](C)n2cnc3sc4c(c3c2=O)CCCC4)c1. The van der Waals surface area contributed by atoms with E-state index in [1.54, 1.807) is 31.4 Å². The van der Waals surface area contributed by atoms with Crippen molar-refractivity contribution in [3.8, 4) is 5.75 Å². The standard InChI is InChI=1S/C21H22N4O3S/c1-13(19(26)24-23-11-14-6-5-7-15(10-14)28-2)25-12-22-20-18(21(25)27)16-8-3-4-9-17(16)29-20/h5-7,10-13H,3-4,8-9H2,1-2H3,(H,24,26)/b23-11+/t13-/m0/s1. The molecule has 1 atom stereocenters. The quantitative estimate of drug-likeness (QED) is 0.517. The summed E-state index contributed by atoms with van der Waals surface area (Å²) in [4.78, 5) is 32.1. The predicted molar refractivity (Wildman–Crippen MR) is 114 cm³/mol. The van der Waals surface area contributed by atoms with Crippen LogP contribution in [0.1, 0.15) is 41.8 Å². The van der Waals surface area contributed by atoms with Crippen molar-refractivity contribution in [3.05, 3.63) is 57.0 Å². The highest BCUT2D eigenvalue weighted by Crippen LogP contribution is 2.33. The van der Waals surface area contributed by atoms with Gasteiger partial charge in [-0.1, -0.05) is 12.1 Å². The number of hydrogen-bond acceptors (Lipinski definition) is 6. The number of rotatable bonds is 5. The number of hydrazone groups is 1. The fraction of sp³-hybridized carbons (Fsp3) is 0.333. The molecule has 4 rings (SSSR count). The van der Waals surface area contributed by atoms with Gasteiger partial charge in [0, 0.05) is 4.88 Å².